The van der Waals surface area contributed by atoms with E-state index in [1.54, 1.807) is 13.0 Å². The Morgan fingerprint density at radius 1 is 0.732 bits per heavy atom. The van der Waals surface area contributed by atoms with Crippen molar-refractivity contribution in [2.45, 2.75) is 247 Å². The number of rotatable bonds is 16. The minimum Gasteiger partial charge on any atom is -0.453 e. The van der Waals surface area contributed by atoms with Gasteiger partial charge in [0.15, 0.2) is 30.8 Å². The molecule has 27 nitrogen and oxygen atoms in total. The van der Waals surface area contributed by atoms with Crippen LogP contribution in [0.2, 0.25) is 0 Å². The predicted octanol–water partition coefficient (Wildman–Crippen LogP) is -2.50. The number of allylic oxidation sites excluding steroid dienone is 2. The standard InChI is InChI=1S/C54H86O27S/c1-22(2)10-13-30(57)52(8)53(67)17-16-51(7)24-11-12-29-49(4,5)32(14-15-50(29,6)25(24)18-31(58)54(51,53)48(66)80-52)76-47-43(35(61)28(21-72-47)81-82(68,69)70)79-44-37(63)36(62)40(23(3)73-44)77-46-39(65)42(34(60)27(20-56)75-46)78-45-38(64)41(71-9)33(59)26(19-55)74-45/h10,18,23-24,26-47,55-65,67H,11-17,19-21H2,1-9H3,(H,68,69,70)/t23-,24-,26-,27-,28-,29?,30?,31+,32+,33-,34-,35+,36-,37-,38-,39-,40-,41+,42+,43-,44+,45+,46+,47+,50-,51+,52+,53+,54-/m1/s1. The number of esters is 1. The number of aliphatic hydroxyl groups excluding tert-OH is 11. The average Bonchev–Trinajstić information content (AvgIpc) is 1.49. The van der Waals surface area contributed by atoms with E-state index in [4.69, 9.17) is 51.6 Å². The first-order valence-electron chi connectivity index (χ1n) is 28.3. The summed E-state index contributed by atoms with van der Waals surface area (Å²) in [5.74, 6) is -1.19. The summed E-state index contributed by atoms with van der Waals surface area (Å²) in [6.45, 7) is 12.5. The van der Waals surface area contributed by atoms with Gasteiger partial charge in [0.2, 0.25) is 0 Å². The highest BCUT2D eigenvalue weighted by atomic mass is 32.3. The van der Waals surface area contributed by atoms with E-state index in [0.29, 0.717) is 32.1 Å². The number of hydrogen-bond donors (Lipinski definition) is 13. The van der Waals surface area contributed by atoms with Gasteiger partial charge >= 0.3 is 16.4 Å². The number of carbonyl (C=O) groups excluding carboxylic acids is 1. The van der Waals surface area contributed by atoms with Crippen molar-refractivity contribution in [3.05, 3.63) is 23.3 Å². The van der Waals surface area contributed by atoms with Crippen molar-refractivity contribution < 1.29 is 131 Å². The second-order valence-corrected chi connectivity index (χ2v) is 26.7. The average molecular weight is 1200 g/mol. The summed E-state index contributed by atoms with van der Waals surface area (Å²) in [5.41, 5.74) is -5.86. The lowest BCUT2D eigenvalue weighted by Crippen LogP contribution is -2.69. The molecule has 13 N–H and O–H groups in total. The van der Waals surface area contributed by atoms with Crippen LogP contribution in [0.4, 0.5) is 0 Å². The van der Waals surface area contributed by atoms with Crippen molar-refractivity contribution in [1.29, 1.82) is 0 Å². The Bertz CT molecular complexity index is 2480. The highest BCUT2D eigenvalue weighted by molar-refractivity contribution is 7.80. The van der Waals surface area contributed by atoms with Crippen molar-refractivity contribution in [1.82, 2.24) is 0 Å². The number of fused-ring (bicyclic) bond motifs is 4. The molecule has 82 heavy (non-hydrogen) atoms. The molecule has 1 spiro atoms. The molecule has 0 amide bonds. The van der Waals surface area contributed by atoms with Gasteiger partial charge in [-0.2, -0.15) is 8.42 Å². The molecular weight excluding hydrogens is 1110 g/mol. The fraction of sp³-hybridized carbons (Fsp3) is 0.907. The third kappa shape index (κ3) is 10.2. The van der Waals surface area contributed by atoms with Crippen LogP contribution in [0.5, 0.6) is 0 Å². The summed E-state index contributed by atoms with van der Waals surface area (Å²) in [4.78, 5) is 14.5. The summed E-state index contributed by atoms with van der Waals surface area (Å²) < 4.78 is 97.6. The van der Waals surface area contributed by atoms with Gasteiger partial charge in [-0.15, -0.1) is 0 Å². The van der Waals surface area contributed by atoms with Crippen molar-refractivity contribution in [2.75, 3.05) is 26.9 Å². The molecule has 0 radical (unpaired) electrons. The van der Waals surface area contributed by atoms with Gasteiger partial charge in [-0.25, -0.2) is 4.18 Å². The van der Waals surface area contributed by atoms with E-state index in [1.165, 1.54) is 14.0 Å². The Morgan fingerprint density at radius 3 is 1.91 bits per heavy atom. The van der Waals surface area contributed by atoms with Gasteiger partial charge in [0, 0.05) is 7.11 Å². The van der Waals surface area contributed by atoms with Gasteiger partial charge in [-0.05, 0) is 101 Å². The van der Waals surface area contributed by atoms with E-state index >= 15 is 0 Å². The molecule has 0 aromatic rings. The lowest BCUT2D eigenvalue weighted by Gasteiger charge is -2.64. The van der Waals surface area contributed by atoms with Crippen LogP contribution in [-0.4, -0.2) is 253 Å². The number of methoxy groups -OCH3 is 1. The van der Waals surface area contributed by atoms with Crippen molar-refractivity contribution in [3.8, 4) is 0 Å². The number of aliphatic hydroxyl groups is 12. The number of carbonyl (C=O) groups is 1. The van der Waals surface area contributed by atoms with Gasteiger partial charge in [0.1, 0.15) is 96.5 Å². The first-order valence-corrected chi connectivity index (χ1v) is 29.6. The van der Waals surface area contributed by atoms with E-state index < -0.39 is 204 Å². The van der Waals surface area contributed by atoms with E-state index in [2.05, 4.69) is 6.92 Å². The second kappa shape index (κ2) is 23.2. The number of cyclic esters (lactones) is 1. The summed E-state index contributed by atoms with van der Waals surface area (Å²) >= 11 is 0. The van der Waals surface area contributed by atoms with Crippen molar-refractivity contribution in [2.24, 2.45) is 33.5 Å². The lowest BCUT2D eigenvalue weighted by atomic mass is 9.40. The predicted molar refractivity (Wildman–Crippen MR) is 275 cm³/mol. The zero-order valence-corrected chi connectivity index (χ0v) is 48.3. The molecule has 0 bridgehead atoms. The van der Waals surface area contributed by atoms with Crippen molar-refractivity contribution >= 4 is 16.4 Å². The molecule has 470 valence electrons. The Kier molecular flexibility index (Phi) is 18.2. The summed E-state index contributed by atoms with van der Waals surface area (Å²) in [6.07, 6.45) is -29.8. The Hall–Kier alpha value is -2.02. The molecule has 8 fully saturated rings. The second-order valence-electron chi connectivity index (χ2n) is 25.6. The van der Waals surface area contributed by atoms with Crippen LogP contribution in [0, 0.1) is 33.5 Å². The molecule has 4 aliphatic carbocycles. The third-order valence-electron chi connectivity index (χ3n) is 20.7. The highest BCUT2D eigenvalue weighted by Gasteiger charge is 2.86. The molecule has 0 aromatic heterocycles. The molecule has 9 aliphatic rings. The van der Waals surface area contributed by atoms with Crippen molar-refractivity contribution in [3.63, 3.8) is 0 Å². The van der Waals surface area contributed by atoms with E-state index in [0.717, 1.165) is 11.1 Å². The molecule has 5 aliphatic heterocycles. The Labute approximate surface area is 475 Å². The number of ether oxygens (including phenoxy) is 10. The highest BCUT2D eigenvalue weighted by Crippen LogP contribution is 2.77. The van der Waals surface area contributed by atoms with Gasteiger partial charge in [0.05, 0.1) is 44.2 Å². The lowest BCUT2D eigenvalue weighted by molar-refractivity contribution is -0.389. The SMILES string of the molecule is CO[C@@H]1[C@@H](O)[C@H](O[C@@H]2[C@@H](O)[C@H](O[C@H]3[C@H](O)[C@@H](O)[C@H](O[C@H]4[C@H](O[C@H]5CC[C@]6(C)C7=C[C@H](O)[C@]89C(=O)O[C@@](C)(C(O)CC=C(C)C)[C@@]8(O)CC[C@@]9(C)[C@@H]7CCC6C5(C)C)OC[C@@H](OS(=O)(=O)O)[C@@H]4O)O[C@@H]3C)O[C@H](CO)[C@H]2O)O[C@H](CO)[C@H]1O. The van der Waals surface area contributed by atoms with Crippen LogP contribution >= 0.6 is 0 Å². The molecule has 5 heterocycles. The van der Waals surface area contributed by atoms with Crippen LogP contribution in [0.1, 0.15) is 100 Å². The van der Waals surface area contributed by atoms with Gasteiger partial charge < -0.3 is 109 Å². The molecule has 28 heteroatoms. The zero-order chi connectivity index (χ0) is 60.4. The van der Waals surface area contributed by atoms with Gasteiger partial charge in [-0.1, -0.05) is 51.0 Å². The molecule has 5 saturated heterocycles. The third-order valence-corrected chi connectivity index (χ3v) is 21.2. The maximum Gasteiger partial charge on any atom is 0.397 e. The summed E-state index contributed by atoms with van der Waals surface area (Å²) in [5, 5.41) is 136. The first-order chi connectivity index (χ1) is 38.2. The van der Waals surface area contributed by atoms with Gasteiger partial charge in [0.25, 0.3) is 0 Å². The van der Waals surface area contributed by atoms with Crippen LogP contribution in [-0.2, 0) is 66.7 Å². The minimum absolute atomic E-state index is 0.103. The quantitative estimate of drug-likeness (QED) is 0.0329. The molecule has 2 unspecified atom stereocenters. The van der Waals surface area contributed by atoms with E-state index in [1.807, 2.05) is 40.7 Å². The van der Waals surface area contributed by atoms with E-state index in [9.17, 15) is 79.0 Å². The van der Waals surface area contributed by atoms with Crippen LogP contribution < -0.4 is 0 Å². The fourth-order valence-electron chi connectivity index (χ4n) is 16.2. The maximum absolute atomic E-state index is 14.5. The van der Waals surface area contributed by atoms with Crippen LogP contribution in [0.25, 0.3) is 0 Å². The molecule has 0 aromatic carbocycles. The monoisotopic (exact) mass is 1200 g/mol. The van der Waals surface area contributed by atoms with Gasteiger partial charge in [-0.3, -0.25) is 9.35 Å². The van der Waals surface area contributed by atoms with Crippen LogP contribution in [0.15, 0.2) is 23.3 Å². The maximum atomic E-state index is 14.5. The first kappa shape index (κ1) is 64.5. The minimum atomic E-state index is -5.20. The smallest absolute Gasteiger partial charge is 0.397 e. The normalized spacial score (nSPS) is 51.4. The Morgan fingerprint density at radius 2 is 1.32 bits per heavy atom. The molecule has 3 saturated carbocycles. The topological polar surface area (TPSA) is 416 Å². The summed E-state index contributed by atoms with van der Waals surface area (Å²) in [7, 11) is -4.03. The Balaban J connectivity index is 0.917. The number of hydrogen-bond acceptors (Lipinski definition) is 26. The molecular formula is C54H86O27S. The van der Waals surface area contributed by atoms with Crippen LogP contribution in [0.3, 0.4) is 0 Å². The largest absolute Gasteiger partial charge is 0.453 e. The van der Waals surface area contributed by atoms with E-state index in [-0.39, 0.29) is 24.7 Å². The zero-order valence-electron chi connectivity index (χ0n) is 47.5. The molecule has 9 rings (SSSR count). The fourth-order valence-corrected chi connectivity index (χ4v) is 16.7. The molecule has 29 atom stereocenters. The summed E-state index contributed by atoms with van der Waals surface area (Å²) in [6, 6.07) is 0.